The standard InChI is InChI=1S/C11H10FN5O/c12-7-2-1-3-8-10(7)16-11(13)17(8)5-4-9-14-6-15-18-9/h1-3,6H,4-5H2,(H2,13,16). The molecular weight excluding hydrogens is 237 g/mol. The van der Waals surface area contributed by atoms with Crippen LogP contribution < -0.4 is 5.73 Å². The lowest BCUT2D eigenvalue weighted by Gasteiger charge is -2.03. The second-order valence-electron chi connectivity index (χ2n) is 3.81. The molecule has 3 aromatic rings. The van der Waals surface area contributed by atoms with Crippen LogP contribution in [0.5, 0.6) is 0 Å². The van der Waals surface area contributed by atoms with Gasteiger partial charge in [0.1, 0.15) is 5.52 Å². The Kier molecular flexibility index (Phi) is 2.44. The number of aryl methyl sites for hydroxylation is 2. The van der Waals surface area contributed by atoms with Crippen LogP contribution in [-0.4, -0.2) is 19.7 Å². The van der Waals surface area contributed by atoms with E-state index >= 15 is 0 Å². The summed E-state index contributed by atoms with van der Waals surface area (Å²) in [6, 6.07) is 4.76. The van der Waals surface area contributed by atoms with E-state index in [2.05, 4.69) is 15.1 Å². The van der Waals surface area contributed by atoms with Gasteiger partial charge in [-0.1, -0.05) is 11.2 Å². The number of benzene rings is 1. The van der Waals surface area contributed by atoms with Gasteiger partial charge in [-0.25, -0.2) is 9.37 Å². The van der Waals surface area contributed by atoms with Crippen molar-refractivity contribution in [2.24, 2.45) is 0 Å². The lowest BCUT2D eigenvalue weighted by Crippen LogP contribution is -2.05. The number of anilines is 1. The summed E-state index contributed by atoms with van der Waals surface area (Å²) in [5, 5.41) is 3.52. The van der Waals surface area contributed by atoms with Gasteiger partial charge in [0.05, 0.1) is 5.52 Å². The molecule has 18 heavy (non-hydrogen) atoms. The van der Waals surface area contributed by atoms with Gasteiger partial charge in [-0.2, -0.15) is 4.98 Å². The fourth-order valence-corrected chi connectivity index (χ4v) is 1.88. The molecule has 92 valence electrons. The van der Waals surface area contributed by atoms with Crippen molar-refractivity contribution in [1.29, 1.82) is 0 Å². The van der Waals surface area contributed by atoms with Crippen LogP contribution in [-0.2, 0) is 13.0 Å². The number of nitrogens with zero attached hydrogens (tertiary/aromatic N) is 4. The monoisotopic (exact) mass is 247 g/mol. The summed E-state index contributed by atoms with van der Waals surface area (Å²) < 4.78 is 20.1. The predicted molar refractivity (Wildman–Crippen MR) is 62.1 cm³/mol. The highest BCUT2D eigenvalue weighted by Crippen LogP contribution is 2.20. The Labute approximate surface area is 101 Å². The first-order valence-electron chi connectivity index (χ1n) is 5.41. The molecule has 0 saturated heterocycles. The van der Waals surface area contributed by atoms with Gasteiger partial charge in [0, 0.05) is 13.0 Å². The van der Waals surface area contributed by atoms with E-state index in [1.54, 1.807) is 16.7 Å². The molecule has 2 aromatic heterocycles. The molecule has 3 rings (SSSR count). The van der Waals surface area contributed by atoms with Crippen LogP contribution >= 0.6 is 0 Å². The SMILES string of the molecule is Nc1nc2c(F)cccc2n1CCc1ncno1. The van der Waals surface area contributed by atoms with E-state index in [0.717, 1.165) is 0 Å². The molecule has 0 fully saturated rings. The molecule has 2 heterocycles. The van der Waals surface area contributed by atoms with Gasteiger partial charge in [0.15, 0.2) is 12.1 Å². The van der Waals surface area contributed by atoms with E-state index in [9.17, 15) is 4.39 Å². The summed E-state index contributed by atoms with van der Waals surface area (Å²) in [5.74, 6) is 0.401. The molecule has 0 aliphatic rings. The quantitative estimate of drug-likeness (QED) is 0.756. The van der Waals surface area contributed by atoms with Crippen molar-refractivity contribution in [3.63, 3.8) is 0 Å². The Balaban J connectivity index is 1.96. The van der Waals surface area contributed by atoms with Gasteiger partial charge in [-0.05, 0) is 12.1 Å². The van der Waals surface area contributed by atoms with Gasteiger partial charge >= 0.3 is 0 Å². The highest BCUT2D eigenvalue weighted by Gasteiger charge is 2.12. The van der Waals surface area contributed by atoms with Crippen molar-refractivity contribution >= 4 is 17.0 Å². The number of nitrogen functional groups attached to an aromatic ring is 1. The largest absolute Gasteiger partial charge is 0.369 e. The van der Waals surface area contributed by atoms with Crippen molar-refractivity contribution < 1.29 is 8.91 Å². The van der Waals surface area contributed by atoms with Crippen molar-refractivity contribution in [3.05, 3.63) is 36.2 Å². The van der Waals surface area contributed by atoms with Crippen molar-refractivity contribution in [3.8, 4) is 0 Å². The first-order chi connectivity index (χ1) is 8.75. The Morgan fingerprint density at radius 1 is 1.39 bits per heavy atom. The molecule has 0 radical (unpaired) electrons. The maximum absolute atomic E-state index is 13.5. The van der Waals surface area contributed by atoms with Crippen LogP contribution in [0.15, 0.2) is 29.0 Å². The Bertz CT molecular complexity index is 676. The topological polar surface area (TPSA) is 82.8 Å². The number of rotatable bonds is 3. The Hall–Kier alpha value is -2.44. The van der Waals surface area contributed by atoms with E-state index in [4.69, 9.17) is 10.3 Å². The molecular formula is C11H10FN5O. The van der Waals surface area contributed by atoms with Gasteiger partial charge < -0.3 is 14.8 Å². The first kappa shape index (κ1) is 10.7. The molecule has 0 aliphatic carbocycles. The van der Waals surface area contributed by atoms with Crippen LogP contribution in [0.1, 0.15) is 5.89 Å². The molecule has 0 atom stereocenters. The fourth-order valence-electron chi connectivity index (χ4n) is 1.88. The predicted octanol–water partition coefficient (Wildman–Crippen LogP) is 1.38. The zero-order valence-electron chi connectivity index (χ0n) is 9.38. The highest BCUT2D eigenvalue weighted by atomic mass is 19.1. The lowest BCUT2D eigenvalue weighted by molar-refractivity contribution is 0.372. The average Bonchev–Trinajstić information content (AvgIpc) is 2.95. The third kappa shape index (κ3) is 1.69. The number of nitrogens with two attached hydrogens (primary N) is 1. The van der Waals surface area contributed by atoms with E-state index in [1.165, 1.54) is 12.4 Å². The third-order valence-electron chi connectivity index (χ3n) is 2.72. The van der Waals surface area contributed by atoms with E-state index < -0.39 is 0 Å². The van der Waals surface area contributed by atoms with Crippen LogP contribution in [0.4, 0.5) is 10.3 Å². The highest BCUT2D eigenvalue weighted by molar-refractivity contribution is 5.78. The number of hydrogen-bond acceptors (Lipinski definition) is 5. The van der Waals surface area contributed by atoms with Crippen LogP contribution in [0, 0.1) is 5.82 Å². The van der Waals surface area contributed by atoms with E-state index in [1.807, 2.05) is 0 Å². The van der Waals surface area contributed by atoms with Gasteiger partial charge in [-0.3, -0.25) is 0 Å². The summed E-state index contributed by atoms with van der Waals surface area (Å²) in [7, 11) is 0. The smallest absolute Gasteiger partial charge is 0.228 e. The molecule has 7 heteroatoms. The van der Waals surface area contributed by atoms with Gasteiger partial charge in [0.2, 0.25) is 11.8 Å². The van der Waals surface area contributed by atoms with Crippen molar-refractivity contribution in [1.82, 2.24) is 19.7 Å². The van der Waals surface area contributed by atoms with Gasteiger partial charge in [0.25, 0.3) is 0 Å². The number of imidazole rings is 1. The number of hydrogen-bond donors (Lipinski definition) is 1. The molecule has 6 nitrogen and oxygen atoms in total. The normalized spacial score (nSPS) is 11.2. The van der Waals surface area contributed by atoms with E-state index in [0.29, 0.717) is 24.4 Å². The van der Waals surface area contributed by atoms with Crippen molar-refractivity contribution in [2.45, 2.75) is 13.0 Å². The number of para-hydroxylation sites is 1. The van der Waals surface area contributed by atoms with Gasteiger partial charge in [-0.15, -0.1) is 0 Å². The summed E-state index contributed by atoms with van der Waals surface area (Å²) in [6.45, 7) is 0.508. The maximum Gasteiger partial charge on any atom is 0.228 e. The lowest BCUT2D eigenvalue weighted by atomic mass is 10.3. The summed E-state index contributed by atoms with van der Waals surface area (Å²) in [5.41, 5.74) is 6.72. The average molecular weight is 247 g/mol. The van der Waals surface area contributed by atoms with Crippen LogP contribution in [0.25, 0.3) is 11.0 Å². The molecule has 1 aromatic carbocycles. The minimum absolute atomic E-state index is 0.273. The molecule has 0 aliphatic heterocycles. The Morgan fingerprint density at radius 2 is 2.28 bits per heavy atom. The third-order valence-corrected chi connectivity index (χ3v) is 2.72. The van der Waals surface area contributed by atoms with Crippen LogP contribution in [0.3, 0.4) is 0 Å². The zero-order chi connectivity index (χ0) is 12.5. The molecule has 0 amide bonds. The molecule has 0 bridgehead atoms. The minimum Gasteiger partial charge on any atom is -0.369 e. The minimum atomic E-state index is -0.379. The van der Waals surface area contributed by atoms with E-state index in [-0.39, 0.29) is 17.3 Å². The number of halogens is 1. The number of fused-ring (bicyclic) bond motifs is 1. The fraction of sp³-hybridized carbons (Fsp3) is 0.182. The summed E-state index contributed by atoms with van der Waals surface area (Å²) >= 11 is 0. The molecule has 0 saturated carbocycles. The summed E-state index contributed by atoms with van der Waals surface area (Å²) in [4.78, 5) is 7.93. The van der Waals surface area contributed by atoms with Crippen LogP contribution in [0.2, 0.25) is 0 Å². The first-order valence-corrected chi connectivity index (χ1v) is 5.41. The summed E-state index contributed by atoms with van der Waals surface area (Å²) in [6.07, 6.45) is 1.86. The molecule has 0 spiro atoms. The zero-order valence-corrected chi connectivity index (χ0v) is 9.38. The van der Waals surface area contributed by atoms with Crippen molar-refractivity contribution in [2.75, 3.05) is 5.73 Å². The second-order valence-corrected chi connectivity index (χ2v) is 3.81. The second kappa shape index (κ2) is 4.10. The Morgan fingerprint density at radius 3 is 3.06 bits per heavy atom. The number of aromatic nitrogens is 4. The molecule has 2 N–H and O–H groups in total. The molecule has 0 unspecified atom stereocenters. The maximum atomic E-state index is 13.5.